The highest BCUT2D eigenvalue weighted by molar-refractivity contribution is 6.34. The maximum atomic E-state index is 13.0. The van der Waals surface area contributed by atoms with Crippen LogP contribution in [-0.2, 0) is 6.42 Å². The Morgan fingerprint density at radius 2 is 1.79 bits per heavy atom. The third-order valence-electron chi connectivity index (χ3n) is 6.41. The van der Waals surface area contributed by atoms with Crippen molar-refractivity contribution in [1.29, 1.82) is 0 Å². The Kier molecular flexibility index (Phi) is 4.73. The fourth-order valence-corrected chi connectivity index (χ4v) is 5.20. The van der Waals surface area contributed by atoms with Crippen LogP contribution in [0.2, 0.25) is 10.0 Å². The van der Waals surface area contributed by atoms with Crippen LogP contribution in [0.5, 0.6) is 0 Å². The van der Waals surface area contributed by atoms with E-state index in [0.717, 1.165) is 50.0 Å². The molecule has 1 aromatic heterocycles. The molecule has 2 aromatic carbocycles. The van der Waals surface area contributed by atoms with E-state index >= 15 is 0 Å². The molecule has 2 aliphatic rings. The minimum atomic E-state index is 0.0650. The van der Waals surface area contributed by atoms with Gasteiger partial charge in [-0.2, -0.15) is 15.4 Å². The molecule has 3 heterocycles. The van der Waals surface area contributed by atoms with Crippen molar-refractivity contribution in [1.82, 2.24) is 25.6 Å². The topological polar surface area (TPSA) is 73.9 Å². The zero-order valence-corrected chi connectivity index (χ0v) is 17.3. The summed E-state index contributed by atoms with van der Waals surface area (Å²) >= 11 is 12.3. The highest BCUT2D eigenvalue weighted by Gasteiger charge is 2.48. The van der Waals surface area contributed by atoms with E-state index in [1.54, 1.807) is 6.07 Å². The van der Waals surface area contributed by atoms with Crippen molar-refractivity contribution in [2.24, 2.45) is 5.41 Å². The summed E-state index contributed by atoms with van der Waals surface area (Å²) in [6.07, 6.45) is 2.89. The van der Waals surface area contributed by atoms with Crippen LogP contribution in [0.4, 0.5) is 0 Å². The quantitative estimate of drug-likeness (QED) is 0.665. The Labute approximate surface area is 178 Å². The molecule has 1 unspecified atom stereocenters. The summed E-state index contributed by atoms with van der Waals surface area (Å²) in [6, 6.07) is 11.6. The number of carbonyl (C=O) groups excluding carboxylic acids is 1. The second-order valence-electron chi connectivity index (χ2n) is 8.10. The van der Waals surface area contributed by atoms with E-state index in [4.69, 9.17) is 23.2 Å². The van der Waals surface area contributed by atoms with Gasteiger partial charge in [-0.05, 0) is 61.2 Å². The molecule has 0 radical (unpaired) electrons. The largest absolute Gasteiger partial charge is 0.339 e. The summed E-state index contributed by atoms with van der Waals surface area (Å²) in [5, 5.41) is 15.6. The van der Waals surface area contributed by atoms with E-state index in [9.17, 15) is 4.79 Å². The number of H-pyrrole nitrogens is 1. The van der Waals surface area contributed by atoms with E-state index in [1.165, 1.54) is 0 Å². The summed E-state index contributed by atoms with van der Waals surface area (Å²) in [6.45, 7) is 2.53. The predicted octanol–water partition coefficient (Wildman–Crippen LogP) is 3.70. The first-order chi connectivity index (χ1) is 14.0. The molecule has 1 amide bonds. The number of likely N-dealkylation sites (tertiary alicyclic amines) is 1. The molecule has 3 aromatic rings. The smallest absolute Gasteiger partial charge is 0.253 e. The molecule has 0 bridgehead atoms. The van der Waals surface area contributed by atoms with Crippen molar-refractivity contribution in [3.05, 3.63) is 57.6 Å². The van der Waals surface area contributed by atoms with Gasteiger partial charge in [-0.15, -0.1) is 0 Å². The van der Waals surface area contributed by atoms with Crippen LogP contribution in [0.3, 0.4) is 0 Å². The number of piperidine rings is 1. The first-order valence-corrected chi connectivity index (χ1v) is 10.6. The number of aromatic amines is 1. The lowest BCUT2D eigenvalue weighted by Crippen LogP contribution is -2.66. The number of nitrogens with one attached hydrogen (secondary N) is 2. The Morgan fingerprint density at radius 3 is 2.48 bits per heavy atom. The minimum absolute atomic E-state index is 0.0650. The standard InChI is InChI=1S/C21H21Cl2N5O/c22-15-7-13(8-16(23)11-15)9-19-21(12-24-19)3-5-28(6-4-21)20(29)14-1-2-17-18(10-14)26-27-25-17/h1-2,7-8,10-11,19,24H,3-6,9,12H2,(H,25,26,27). The third-order valence-corrected chi connectivity index (χ3v) is 6.85. The molecule has 2 N–H and O–H groups in total. The van der Waals surface area contributed by atoms with Gasteiger partial charge in [0, 0.05) is 46.7 Å². The average Bonchev–Trinajstić information content (AvgIpc) is 3.18. The summed E-state index contributed by atoms with van der Waals surface area (Å²) in [7, 11) is 0. The van der Waals surface area contributed by atoms with Gasteiger partial charge in [0.1, 0.15) is 11.0 Å². The zero-order valence-electron chi connectivity index (χ0n) is 15.8. The van der Waals surface area contributed by atoms with Crippen molar-refractivity contribution >= 4 is 40.1 Å². The second kappa shape index (κ2) is 7.27. The van der Waals surface area contributed by atoms with Gasteiger partial charge in [0.05, 0.1) is 0 Å². The van der Waals surface area contributed by atoms with Crippen molar-refractivity contribution < 1.29 is 4.79 Å². The van der Waals surface area contributed by atoms with Crippen LogP contribution in [0.15, 0.2) is 36.4 Å². The Hall–Kier alpha value is -2.15. The van der Waals surface area contributed by atoms with Crippen molar-refractivity contribution in [3.63, 3.8) is 0 Å². The molecule has 2 aliphatic heterocycles. The number of benzene rings is 2. The number of nitrogens with zero attached hydrogens (tertiary/aromatic N) is 3. The van der Waals surface area contributed by atoms with Gasteiger partial charge >= 0.3 is 0 Å². The van der Waals surface area contributed by atoms with Crippen LogP contribution in [0.1, 0.15) is 28.8 Å². The number of fused-ring (bicyclic) bond motifs is 1. The molecule has 5 rings (SSSR count). The van der Waals surface area contributed by atoms with Crippen molar-refractivity contribution in [3.8, 4) is 0 Å². The lowest BCUT2D eigenvalue weighted by atomic mass is 9.65. The van der Waals surface area contributed by atoms with E-state index in [0.29, 0.717) is 27.2 Å². The van der Waals surface area contributed by atoms with Gasteiger partial charge in [-0.3, -0.25) is 4.79 Å². The maximum absolute atomic E-state index is 13.0. The van der Waals surface area contributed by atoms with Crippen LogP contribution in [0.25, 0.3) is 11.0 Å². The molecule has 0 saturated carbocycles. The van der Waals surface area contributed by atoms with Crippen LogP contribution < -0.4 is 5.32 Å². The monoisotopic (exact) mass is 429 g/mol. The Morgan fingerprint density at radius 1 is 1.07 bits per heavy atom. The summed E-state index contributed by atoms with van der Waals surface area (Å²) in [5.74, 6) is 0.0650. The fraction of sp³-hybridized carbons (Fsp3) is 0.381. The first kappa shape index (κ1) is 18.9. The molecule has 6 nitrogen and oxygen atoms in total. The molecule has 150 valence electrons. The first-order valence-electron chi connectivity index (χ1n) is 9.81. The SMILES string of the molecule is O=C(c1ccc2n[nH]nc2c1)N1CCC2(CC1)CNC2Cc1cc(Cl)cc(Cl)c1. The van der Waals surface area contributed by atoms with Gasteiger partial charge in [0.25, 0.3) is 5.91 Å². The summed E-state index contributed by atoms with van der Waals surface area (Å²) in [4.78, 5) is 14.9. The zero-order chi connectivity index (χ0) is 20.0. The number of hydrogen-bond donors (Lipinski definition) is 2. The molecule has 1 spiro atoms. The van der Waals surface area contributed by atoms with Gasteiger partial charge in [-0.1, -0.05) is 23.2 Å². The van der Waals surface area contributed by atoms with Gasteiger partial charge in [0.15, 0.2) is 0 Å². The van der Waals surface area contributed by atoms with Crippen molar-refractivity contribution in [2.45, 2.75) is 25.3 Å². The van der Waals surface area contributed by atoms with E-state index in [-0.39, 0.29) is 11.3 Å². The number of carbonyl (C=O) groups is 1. The molecule has 1 atom stereocenters. The Bertz CT molecular complexity index is 1050. The van der Waals surface area contributed by atoms with Crippen LogP contribution >= 0.6 is 23.2 Å². The molecule has 8 heteroatoms. The predicted molar refractivity (Wildman–Crippen MR) is 113 cm³/mol. The highest BCUT2D eigenvalue weighted by Crippen LogP contribution is 2.42. The number of halogens is 2. The normalized spacial score (nSPS) is 20.8. The van der Waals surface area contributed by atoms with E-state index in [2.05, 4.69) is 20.7 Å². The maximum Gasteiger partial charge on any atom is 0.253 e. The number of aromatic nitrogens is 3. The number of hydrogen-bond acceptors (Lipinski definition) is 4. The summed E-state index contributed by atoms with van der Waals surface area (Å²) in [5.41, 5.74) is 3.54. The van der Waals surface area contributed by atoms with E-state index < -0.39 is 0 Å². The second-order valence-corrected chi connectivity index (χ2v) is 8.97. The highest BCUT2D eigenvalue weighted by atomic mass is 35.5. The lowest BCUT2D eigenvalue weighted by Gasteiger charge is -2.54. The van der Waals surface area contributed by atoms with E-state index in [1.807, 2.05) is 35.2 Å². The van der Waals surface area contributed by atoms with Crippen LogP contribution in [0, 0.1) is 5.41 Å². The molecule has 2 fully saturated rings. The van der Waals surface area contributed by atoms with Gasteiger partial charge < -0.3 is 10.2 Å². The lowest BCUT2D eigenvalue weighted by molar-refractivity contribution is 0.00647. The Balaban J connectivity index is 1.25. The molecular weight excluding hydrogens is 409 g/mol. The van der Waals surface area contributed by atoms with Crippen LogP contribution in [-0.4, -0.2) is 51.9 Å². The van der Waals surface area contributed by atoms with Crippen molar-refractivity contribution in [2.75, 3.05) is 19.6 Å². The van der Waals surface area contributed by atoms with Gasteiger partial charge in [-0.25, -0.2) is 0 Å². The molecule has 29 heavy (non-hydrogen) atoms. The number of rotatable bonds is 3. The minimum Gasteiger partial charge on any atom is -0.339 e. The molecular formula is C21H21Cl2N5O. The third kappa shape index (κ3) is 3.50. The molecule has 2 saturated heterocycles. The fourth-order valence-electron chi connectivity index (χ4n) is 4.62. The summed E-state index contributed by atoms with van der Waals surface area (Å²) < 4.78 is 0. The number of amides is 1. The van der Waals surface area contributed by atoms with Gasteiger partial charge in [0.2, 0.25) is 0 Å². The molecule has 0 aliphatic carbocycles. The average molecular weight is 430 g/mol.